The van der Waals surface area contributed by atoms with Gasteiger partial charge in [-0.2, -0.15) is 15.3 Å². The summed E-state index contributed by atoms with van der Waals surface area (Å²) in [5, 5.41) is 40.6. The van der Waals surface area contributed by atoms with Crippen molar-refractivity contribution in [3.8, 4) is 0 Å². The van der Waals surface area contributed by atoms with Crippen LogP contribution in [0.2, 0.25) is 0 Å². The predicted molar refractivity (Wildman–Crippen MR) is 524 cm³/mol. The summed E-state index contributed by atoms with van der Waals surface area (Å²) in [4.78, 5) is 186. The van der Waals surface area contributed by atoms with E-state index in [9.17, 15) is 33.6 Å². The smallest absolute Gasteiger partial charge is 0.270 e. The van der Waals surface area contributed by atoms with Crippen molar-refractivity contribution in [2.45, 2.75) is 275 Å². The Kier molecular flexibility index (Phi) is 32.0. The number of likely N-dealkylation sites (tertiary alicyclic amines) is 3. The molecule has 6 aliphatic carbocycles. The molecule has 6 saturated carbocycles. The van der Waals surface area contributed by atoms with Crippen molar-refractivity contribution >= 4 is 87.9 Å². The van der Waals surface area contributed by atoms with Crippen LogP contribution in [-0.2, 0) is 72.3 Å². The lowest BCUT2D eigenvalue weighted by atomic mass is 9.87. The van der Waals surface area contributed by atoms with Crippen molar-refractivity contribution in [3.63, 3.8) is 0 Å². The average Bonchev–Trinajstić information content (AvgIpc) is 1.58. The van der Waals surface area contributed by atoms with Gasteiger partial charge in [0.2, 0.25) is 53.2 Å². The topological polar surface area (TPSA) is 404 Å². The van der Waals surface area contributed by atoms with Crippen LogP contribution in [0.5, 0.6) is 0 Å². The number of ether oxygens (including phenoxy) is 2. The van der Waals surface area contributed by atoms with E-state index < -0.39 is 143 Å². The number of likely N-dealkylation sites (N-methyl/N-ethyl adjacent to an activating group) is 2. The van der Waals surface area contributed by atoms with Crippen LogP contribution in [0, 0.1) is 70.7 Å². The largest absolute Gasteiger partial charge is 0.372 e. The zero-order valence-corrected chi connectivity index (χ0v) is 84.3. The van der Waals surface area contributed by atoms with E-state index in [0.717, 1.165) is 70.6 Å². The Hall–Kier alpha value is -11.5. The van der Waals surface area contributed by atoms with E-state index in [1.165, 1.54) is 56.8 Å². The fourth-order valence-electron chi connectivity index (χ4n) is 22.3. The maximum atomic E-state index is 17.2. The van der Waals surface area contributed by atoms with Crippen LogP contribution in [-0.4, -0.2) is 284 Å². The molecule has 35 nitrogen and oxygen atoms in total. The molecule has 38 heteroatoms. The number of anilines is 3. The summed E-state index contributed by atoms with van der Waals surface area (Å²) in [6, 6.07) is 8.90. The van der Waals surface area contributed by atoms with Gasteiger partial charge in [-0.05, 0) is 265 Å². The van der Waals surface area contributed by atoms with E-state index >= 15 is 37.1 Å². The van der Waals surface area contributed by atoms with Gasteiger partial charge < -0.3 is 81.8 Å². The van der Waals surface area contributed by atoms with Crippen molar-refractivity contribution in [1.82, 2.24) is 90.6 Å². The highest BCUT2D eigenvalue weighted by Crippen LogP contribution is 2.59. The summed E-state index contributed by atoms with van der Waals surface area (Å²) < 4.78 is 66.1. The zero-order chi connectivity index (χ0) is 101. The minimum Gasteiger partial charge on any atom is -0.372 e. The number of amides is 12. The van der Waals surface area contributed by atoms with Crippen LogP contribution >= 0.6 is 0 Å². The van der Waals surface area contributed by atoms with E-state index in [4.69, 9.17) is 14.6 Å². The Morgan fingerprint density at radius 1 is 0.465 bits per heavy atom. The Balaban J connectivity index is 0.577. The zero-order valence-electron chi connectivity index (χ0n) is 84.3. The van der Waals surface area contributed by atoms with Crippen molar-refractivity contribution in [2.24, 2.45) is 53.3 Å². The van der Waals surface area contributed by atoms with Crippen LogP contribution in [0.3, 0.4) is 0 Å². The van der Waals surface area contributed by atoms with Gasteiger partial charge >= 0.3 is 0 Å². The van der Waals surface area contributed by atoms with Gasteiger partial charge in [0.15, 0.2) is 0 Å². The third kappa shape index (κ3) is 23.1. The van der Waals surface area contributed by atoms with E-state index in [-0.39, 0.29) is 155 Å². The van der Waals surface area contributed by atoms with Gasteiger partial charge in [0.05, 0.1) is 29.0 Å². The standard InChI is InChI=1S/C104H142F3N21O14/c1-16-83(129)113-87(102(138)122-41-39-121(13)40-42-122)55(6)65-29-32-79(74(105)43-65)112-100(136)92(117-96(132)81-35-37-108-128(81)54(4)5)86(64-27-28-64)73-47-72(73)80-48-82(126(17-2)119-80)97(133)116-90(84(60-19-20-60)61-21-22-61)98(134)110-77-34-31-67(45-76(77)107)57(8)89(115-95(131)59(10)142-15)104(140)125-53-70-46-71(125)52-124(70)50-68-49-109-127(18-3)93(68)101(137)118-91(85(62-23-24-62)63-25-26-63)99(135)111-78-33-30-66(44-75(78)106)56(7)88(114-94(130)58(9)141-14)103(139)123-38-36-69(51-123)120(11)12/h29-35,37,43-45,48-49,54-64,69-73,84-92H,16-28,36,38-42,46-47,50-53H2,1-15H3,(H,110,134)(H,111,135)(H,112,136)(H,113,129)(H,114,130)(H,115,131)(H,116,133)(H,117,132)(H,118,137)/t55-,56-,57-,58-,59-,69-,70+,71+,72?,73?,86?,87+,88+,89+,90-,91-,92-/m0/s1. The molecular weight excluding hydrogens is 1820 g/mol. The maximum absolute atomic E-state index is 17.2. The van der Waals surface area contributed by atoms with Gasteiger partial charge in [0, 0.05) is 152 Å². The maximum Gasteiger partial charge on any atom is 0.270 e. The third-order valence-corrected chi connectivity index (χ3v) is 31.9. The second-order valence-corrected chi connectivity index (χ2v) is 42.1. The van der Waals surface area contributed by atoms with Gasteiger partial charge in [-0.25, -0.2) is 13.2 Å². The highest BCUT2D eigenvalue weighted by Gasteiger charge is 2.57. The number of benzene rings is 3. The second-order valence-electron chi connectivity index (χ2n) is 42.1. The molecule has 4 aliphatic heterocycles. The Labute approximate surface area is 828 Å². The first-order chi connectivity index (χ1) is 68.0. The lowest BCUT2D eigenvalue weighted by Gasteiger charge is -2.37. The number of carbonyl (C=O) groups excluding carboxylic acids is 12. The van der Waals surface area contributed by atoms with Crippen LogP contribution in [0.4, 0.5) is 30.2 Å². The molecule has 0 spiro atoms. The number of rotatable bonds is 45. The van der Waals surface area contributed by atoms with Gasteiger partial charge in [-0.15, -0.1) is 0 Å². The quantitative estimate of drug-likeness (QED) is 0.0172. The average molecular weight is 1970 g/mol. The molecule has 3 aromatic heterocycles. The minimum atomic E-state index is -1.23. The van der Waals surface area contributed by atoms with Gasteiger partial charge in [-0.3, -0.25) is 76.5 Å². The lowest BCUT2D eigenvalue weighted by Crippen LogP contribution is -2.57. The summed E-state index contributed by atoms with van der Waals surface area (Å²) in [5.41, 5.74) is 2.53. The van der Waals surface area contributed by atoms with E-state index in [0.29, 0.717) is 93.1 Å². The molecule has 0 radical (unpaired) electrons. The Morgan fingerprint density at radius 3 is 1.36 bits per heavy atom. The number of aromatic nitrogens is 6. The summed E-state index contributed by atoms with van der Waals surface area (Å²) >= 11 is 0. The predicted octanol–water partition coefficient (Wildman–Crippen LogP) is 8.89. The van der Waals surface area contributed by atoms with E-state index in [2.05, 4.69) is 72.7 Å². The van der Waals surface area contributed by atoms with Gasteiger partial charge in [0.25, 0.3) is 17.7 Å². The number of piperazine rings is 2. The number of methoxy groups -OCH3 is 2. The molecule has 6 aromatic rings. The highest BCUT2D eigenvalue weighted by molar-refractivity contribution is 6.04. The number of fused-ring (bicyclic) bond motifs is 2. The summed E-state index contributed by atoms with van der Waals surface area (Å²) in [6.45, 7) is 22.1. The van der Waals surface area contributed by atoms with Crippen molar-refractivity contribution in [3.05, 3.63) is 142 Å². The molecule has 9 N–H and O–H groups in total. The van der Waals surface area contributed by atoms with Crippen molar-refractivity contribution < 1.29 is 80.2 Å². The molecule has 3 aromatic carbocycles. The molecule has 10 fully saturated rings. The number of hydrogen-bond acceptors (Lipinski definition) is 20. The molecule has 142 heavy (non-hydrogen) atoms. The summed E-state index contributed by atoms with van der Waals surface area (Å²) in [7, 11) is 8.65. The molecule has 7 heterocycles. The molecule has 16 rings (SSSR count). The first-order valence-corrected chi connectivity index (χ1v) is 51.3. The number of hydrogen-bond donors (Lipinski definition) is 9. The molecule has 17 atom stereocenters. The number of carbonyl (C=O) groups is 12. The van der Waals surface area contributed by atoms with Crippen LogP contribution in [0.25, 0.3) is 0 Å². The van der Waals surface area contributed by atoms with Crippen LogP contribution in [0.15, 0.2) is 79.1 Å². The molecule has 2 bridgehead atoms. The number of nitrogens with zero attached hydrogens (tertiary/aromatic N) is 12. The van der Waals surface area contributed by atoms with Crippen LogP contribution < -0.4 is 47.9 Å². The highest BCUT2D eigenvalue weighted by atomic mass is 19.1. The first kappa shape index (κ1) is 103. The van der Waals surface area contributed by atoms with Gasteiger partial charge in [0.1, 0.15) is 83.0 Å². The van der Waals surface area contributed by atoms with Crippen LogP contribution in [0.1, 0.15) is 248 Å². The fourth-order valence-corrected chi connectivity index (χ4v) is 22.3. The fraction of sp³-hybridized carbons (Fsp3) is 0.625. The number of aryl methyl sites for hydroxylation is 2. The minimum absolute atomic E-state index is 0.0300. The third-order valence-electron chi connectivity index (χ3n) is 31.9. The summed E-state index contributed by atoms with van der Waals surface area (Å²) in [5.74, 6) is -11.5. The molecule has 3 unspecified atom stereocenters. The molecule has 768 valence electrons. The number of nitrogens with one attached hydrogen (secondary N) is 9. The van der Waals surface area contributed by atoms with Crippen molar-refractivity contribution in [1.29, 1.82) is 0 Å². The Morgan fingerprint density at radius 2 is 0.923 bits per heavy atom. The monoisotopic (exact) mass is 1970 g/mol. The van der Waals surface area contributed by atoms with Gasteiger partial charge in [-0.1, -0.05) is 45.9 Å². The van der Waals surface area contributed by atoms with Crippen molar-refractivity contribution in [2.75, 3.05) is 104 Å². The summed E-state index contributed by atoms with van der Waals surface area (Å²) in [6.07, 6.45) is 11.6. The SMILES string of the molecule is CCC(=O)N[C@@H](C(=O)N1CCN(C)CC1)[C@@H](C)c1ccc(NC(=O)[C@@H](NC(=O)c2ccnn2C(C)C)C(C2CC2)C2CC2c2cc(C(=O)N[C@H](C(=O)Nc3ccc([C@H](C)[C@@H](NC(=O)[C@H](C)OC)C(=O)N4C[C@H]5C[C@@H]4CN5Cc4cnn(CC)c4C(=O)N[C@H](C(=O)Nc4ccc([C@H](C)[C@@H](NC(=O)[C@H](C)OC)C(=O)N5CC[C@H](N(C)C)C5)cc4F)C(C4CC4)C4CC4)cc3F)C(C3CC3)C3CC3)n(CC)n2)c(F)c1. The van der Waals surface area contributed by atoms with E-state index in [1.807, 2.05) is 48.8 Å². The number of halogens is 3. The molecule has 4 saturated heterocycles. The Bertz CT molecular complexity index is 5660. The molecular formula is C104H142F3N21O14. The second kappa shape index (κ2) is 44.0. The van der Waals surface area contributed by atoms with E-state index in [1.54, 1.807) is 107 Å². The molecule has 10 aliphatic rings. The lowest BCUT2D eigenvalue weighted by molar-refractivity contribution is -0.141. The first-order valence-electron chi connectivity index (χ1n) is 51.3. The molecule has 12 amide bonds. The normalized spacial score (nSPS) is 22.2.